The largest absolute Gasteiger partial charge is 0.481 e. The number of rotatable bonds is 11. The van der Waals surface area contributed by atoms with Crippen LogP contribution < -0.4 is 10.1 Å². The van der Waals surface area contributed by atoms with Gasteiger partial charge in [-0.05, 0) is 18.6 Å². The van der Waals surface area contributed by atoms with Gasteiger partial charge in [0.1, 0.15) is 0 Å². The number of aromatic nitrogens is 2. The molecule has 2 unspecified atom stereocenters. The number of nitrogens with zero attached hydrogens (tertiary/aromatic N) is 2. The van der Waals surface area contributed by atoms with Gasteiger partial charge >= 0.3 is 18.2 Å². The van der Waals surface area contributed by atoms with Crippen LogP contribution in [-0.4, -0.2) is 54.7 Å². The first kappa shape index (κ1) is 24.4. The van der Waals surface area contributed by atoms with Crippen molar-refractivity contribution >= 4 is 17.3 Å². The first-order valence-corrected chi connectivity index (χ1v) is 9.35. The van der Waals surface area contributed by atoms with Crippen molar-refractivity contribution < 1.29 is 37.3 Å². The third kappa shape index (κ3) is 6.79. The highest BCUT2D eigenvalue weighted by molar-refractivity contribution is 5.69. The molecule has 1 heterocycles. The van der Waals surface area contributed by atoms with E-state index in [0.29, 0.717) is 11.3 Å². The van der Waals surface area contributed by atoms with Crippen LogP contribution in [0.15, 0.2) is 30.6 Å². The summed E-state index contributed by atoms with van der Waals surface area (Å²) < 4.78 is 56.0. The molecule has 2 N–H and O–H groups in total. The van der Waals surface area contributed by atoms with Crippen LogP contribution in [0.1, 0.15) is 36.5 Å². The van der Waals surface area contributed by atoms with E-state index in [-0.39, 0.29) is 36.9 Å². The van der Waals surface area contributed by atoms with Gasteiger partial charge in [-0.2, -0.15) is 13.2 Å². The Hall–Kier alpha value is -2.92. The maximum absolute atomic E-state index is 13.7. The van der Waals surface area contributed by atoms with Crippen molar-refractivity contribution in [2.45, 2.75) is 31.5 Å². The molecule has 8 nitrogen and oxygen atoms in total. The minimum atomic E-state index is -4.66. The molecule has 1 aromatic heterocycles. The van der Waals surface area contributed by atoms with Crippen LogP contribution in [0.5, 0.6) is 6.01 Å². The number of alkyl halides is 3. The van der Waals surface area contributed by atoms with Gasteiger partial charge in [-0.1, -0.05) is 12.1 Å². The van der Waals surface area contributed by atoms with E-state index >= 15 is 0 Å². The van der Waals surface area contributed by atoms with Gasteiger partial charge in [-0.25, -0.2) is 9.97 Å². The number of carboxylic acid groups (broad SMARTS) is 1. The smallest absolute Gasteiger partial charge is 0.418 e. The summed E-state index contributed by atoms with van der Waals surface area (Å²) in [4.78, 5) is 19.1. The van der Waals surface area contributed by atoms with Crippen molar-refractivity contribution in [2.75, 3.05) is 32.8 Å². The Bertz CT molecular complexity index is 862. The molecule has 0 fully saturated rings. The number of carboxylic acids is 1. The van der Waals surface area contributed by atoms with Gasteiger partial charge in [0.05, 0.1) is 38.2 Å². The normalized spacial score (nSPS) is 13.5. The highest BCUT2D eigenvalue weighted by atomic mass is 19.4. The zero-order valence-corrected chi connectivity index (χ0v) is 17.3. The fraction of sp³-hybridized carbons (Fsp3) is 0.450. The summed E-state index contributed by atoms with van der Waals surface area (Å²) in [5.41, 5.74) is 0.759. The second-order valence-electron chi connectivity index (χ2n) is 6.56. The van der Waals surface area contributed by atoms with Crippen LogP contribution in [0.2, 0.25) is 0 Å². The lowest BCUT2D eigenvalue weighted by Crippen LogP contribution is -2.24. The number of ether oxygens (including phenoxy) is 3. The molecule has 31 heavy (non-hydrogen) atoms. The van der Waals surface area contributed by atoms with E-state index in [4.69, 9.17) is 14.2 Å². The lowest BCUT2D eigenvalue weighted by Gasteiger charge is -2.25. The van der Waals surface area contributed by atoms with E-state index < -0.39 is 24.2 Å². The molecule has 0 radical (unpaired) electrons. The number of anilines is 2. The number of benzene rings is 1. The molecule has 0 aliphatic heterocycles. The molecule has 0 aliphatic carbocycles. The molecule has 0 aliphatic rings. The first-order chi connectivity index (χ1) is 14.7. The molecular weight excluding hydrogens is 419 g/mol. The Balaban J connectivity index is 2.53. The summed E-state index contributed by atoms with van der Waals surface area (Å²) in [5, 5.41) is 12.1. The molecule has 2 rings (SSSR count). The maximum atomic E-state index is 13.7. The van der Waals surface area contributed by atoms with Crippen molar-refractivity contribution in [3.05, 3.63) is 41.7 Å². The summed E-state index contributed by atoms with van der Waals surface area (Å²) in [6.45, 7) is 1.41. The Morgan fingerprint density at radius 1 is 1.23 bits per heavy atom. The van der Waals surface area contributed by atoms with E-state index in [1.807, 2.05) is 0 Å². The van der Waals surface area contributed by atoms with Crippen LogP contribution >= 0.6 is 0 Å². The average Bonchev–Trinajstić information content (AvgIpc) is 2.71. The van der Waals surface area contributed by atoms with Gasteiger partial charge in [-0.3, -0.25) is 4.79 Å². The Labute approximate surface area is 177 Å². The standard InChI is InChI=1S/C20H24F3N3O5/c1-4-31-18(20(21,22)23)15-6-5-12(13(11-29-2)8-17(27)28)7-16(15)26-14-9-24-19(30-3)25-10-14/h5-7,9-10,13,18,26H,4,8,11H2,1-3H3,(H,27,28). The van der Waals surface area contributed by atoms with Crippen LogP contribution in [0.25, 0.3) is 0 Å². The Morgan fingerprint density at radius 2 is 1.90 bits per heavy atom. The Kier molecular flexibility index (Phi) is 8.57. The van der Waals surface area contributed by atoms with Crippen molar-refractivity contribution in [1.29, 1.82) is 0 Å². The second-order valence-corrected chi connectivity index (χ2v) is 6.56. The molecule has 2 aromatic rings. The van der Waals surface area contributed by atoms with Gasteiger partial charge < -0.3 is 24.6 Å². The SMILES string of the molecule is CCOC(c1ccc(C(COC)CC(=O)O)cc1Nc1cnc(OC)nc1)C(F)(F)F. The molecule has 0 saturated heterocycles. The number of halogens is 3. The molecule has 2 atom stereocenters. The third-order valence-corrected chi connectivity index (χ3v) is 4.34. The number of nitrogens with one attached hydrogen (secondary N) is 1. The number of methoxy groups -OCH3 is 2. The maximum Gasteiger partial charge on any atom is 0.418 e. The van der Waals surface area contributed by atoms with Crippen LogP contribution in [0, 0.1) is 0 Å². The molecule has 11 heteroatoms. The van der Waals surface area contributed by atoms with E-state index in [1.165, 1.54) is 51.7 Å². The predicted molar refractivity (Wildman–Crippen MR) is 106 cm³/mol. The van der Waals surface area contributed by atoms with Gasteiger partial charge in [0.15, 0.2) is 6.10 Å². The highest BCUT2D eigenvalue weighted by Gasteiger charge is 2.43. The van der Waals surface area contributed by atoms with Crippen LogP contribution in [0.4, 0.5) is 24.5 Å². The first-order valence-electron chi connectivity index (χ1n) is 9.35. The monoisotopic (exact) mass is 443 g/mol. The zero-order chi connectivity index (χ0) is 23.0. The lowest BCUT2D eigenvalue weighted by molar-refractivity contribution is -0.222. The van der Waals surface area contributed by atoms with Crippen molar-refractivity contribution in [2.24, 2.45) is 0 Å². The van der Waals surface area contributed by atoms with E-state index in [1.54, 1.807) is 0 Å². The second kappa shape index (κ2) is 10.9. The molecule has 170 valence electrons. The Morgan fingerprint density at radius 3 is 2.42 bits per heavy atom. The average molecular weight is 443 g/mol. The van der Waals surface area contributed by atoms with E-state index in [9.17, 15) is 23.1 Å². The number of hydrogen-bond donors (Lipinski definition) is 2. The number of aliphatic carboxylic acids is 1. The zero-order valence-electron chi connectivity index (χ0n) is 17.3. The van der Waals surface area contributed by atoms with Gasteiger partial charge in [0, 0.05) is 30.9 Å². The summed E-state index contributed by atoms with van der Waals surface area (Å²) in [5.74, 6) is -1.60. The summed E-state index contributed by atoms with van der Waals surface area (Å²) in [6, 6.07) is 4.29. The summed E-state index contributed by atoms with van der Waals surface area (Å²) >= 11 is 0. The molecule has 0 saturated carbocycles. The molecule has 0 bridgehead atoms. The van der Waals surface area contributed by atoms with Crippen molar-refractivity contribution in [3.8, 4) is 6.01 Å². The molecule has 0 amide bonds. The fourth-order valence-electron chi connectivity index (χ4n) is 3.02. The molecular formula is C20H24F3N3O5. The lowest BCUT2D eigenvalue weighted by atomic mass is 9.93. The van der Waals surface area contributed by atoms with Gasteiger partial charge in [-0.15, -0.1) is 0 Å². The molecule has 1 aromatic carbocycles. The summed E-state index contributed by atoms with van der Waals surface area (Å²) in [6.07, 6.45) is -4.36. The predicted octanol–water partition coefficient (Wildman–Crippen LogP) is 4.07. The van der Waals surface area contributed by atoms with Gasteiger partial charge in [0.2, 0.25) is 0 Å². The quantitative estimate of drug-likeness (QED) is 0.536. The minimum Gasteiger partial charge on any atom is -0.481 e. The van der Waals surface area contributed by atoms with E-state index in [0.717, 1.165) is 0 Å². The fourth-order valence-corrected chi connectivity index (χ4v) is 3.02. The van der Waals surface area contributed by atoms with Crippen LogP contribution in [0.3, 0.4) is 0 Å². The third-order valence-electron chi connectivity index (χ3n) is 4.34. The topological polar surface area (TPSA) is 103 Å². The summed E-state index contributed by atoms with van der Waals surface area (Å²) in [7, 11) is 2.81. The highest BCUT2D eigenvalue weighted by Crippen LogP contribution is 2.41. The van der Waals surface area contributed by atoms with Crippen molar-refractivity contribution in [1.82, 2.24) is 9.97 Å². The number of carbonyl (C=O) groups is 1. The number of hydrogen-bond acceptors (Lipinski definition) is 7. The van der Waals surface area contributed by atoms with E-state index in [2.05, 4.69) is 15.3 Å². The van der Waals surface area contributed by atoms with Crippen LogP contribution in [-0.2, 0) is 14.3 Å². The minimum absolute atomic E-state index is 0.0882. The van der Waals surface area contributed by atoms with Crippen molar-refractivity contribution in [3.63, 3.8) is 0 Å². The molecule has 0 spiro atoms. The van der Waals surface area contributed by atoms with Gasteiger partial charge in [0.25, 0.3) is 0 Å².